The predicted molar refractivity (Wildman–Crippen MR) is 68.3 cm³/mol. The number of anilines is 1. The molecule has 0 aliphatic heterocycles. The maximum Gasteiger partial charge on any atom is 0.261 e. The zero-order chi connectivity index (χ0) is 13.1. The van der Waals surface area contributed by atoms with Crippen molar-refractivity contribution in [3.63, 3.8) is 0 Å². The van der Waals surface area contributed by atoms with E-state index in [1.165, 1.54) is 0 Å². The molecular formula is C14H12N2O2. The van der Waals surface area contributed by atoms with Crippen LogP contribution in [-0.4, -0.2) is 11.1 Å². The van der Waals surface area contributed by atoms with Gasteiger partial charge in [-0.3, -0.25) is 4.79 Å². The molecule has 0 atom stereocenters. The van der Waals surface area contributed by atoms with Gasteiger partial charge in [0.05, 0.1) is 5.69 Å². The van der Waals surface area contributed by atoms with Crippen LogP contribution in [0.3, 0.4) is 0 Å². The molecule has 0 aliphatic carbocycles. The molecule has 0 unspecified atom stereocenters. The molecule has 1 heterocycles. The van der Waals surface area contributed by atoms with Crippen LogP contribution in [0.25, 0.3) is 0 Å². The number of terminal acetylenes is 1. The summed E-state index contributed by atoms with van der Waals surface area (Å²) in [6, 6.07) is 7.09. The van der Waals surface area contributed by atoms with E-state index in [0.29, 0.717) is 28.3 Å². The number of nitrogens with zero attached hydrogens (tertiary/aromatic N) is 1. The lowest BCUT2D eigenvalue weighted by Crippen LogP contribution is -2.13. The molecule has 0 aliphatic rings. The molecule has 0 saturated heterocycles. The van der Waals surface area contributed by atoms with Gasteiger partial charge in [0.25, 0.3) is 5.91 Å². The van der Waals surface area contributed by atoms with E-state index in [4.69, 9.17) is 10.9 Å². The van der Waals surface area contributed by atoms with Gasteiger partial charge in [-0.1, -0.05) is 17.1 Å². The molecule has 0 radical (unpaired) electrons. The average Bonchev–Trinajstić information content (AvgIpc) is 2.69. The molecule has 4 nitrogen and oxygen atoms in total. The number of hydrogen-bond acceptors (Lipinski definition) is 3. The lowest BCUT2D eigenvalue weighted by Gasteiger charge is -2.04. The Kier molecular flexibility index (Phi) is 3.16. The van der Waals surface area contributed by atoms with Crippen LogP contribution in [0.15, 0.2) is 28.8 Å². The molecule has 1 aromatic heterocycles. The summed E-state index contributed by atoms with van der Waals surface area (Å²) < 4.78 is 4.96. The van der Waals surface area contributed by atoms with E-state index in [1.54, 1.807) is 38.1 Å². The van der Waals surface area contributed by atoms with Gasteiger partial charge in [-0.05, 0) is 32.0 Å². The molecular weight excluding hydrogens is 228 g/mol. The van der Waals surface area contributed by atoms with Crippen LogP contribution in [-0.2, 0) is 0 Å². The summed E-state index contributed by atoms with van der Waals surface area (Å²) in [4.78, 5) is 12.1. The van der Waals surface area contributed by atoms with Crippen LogP contribution >= 0.6 is 0 Å². The second-order valence-corrected chi connectivity index (χ2v) is 3.88. The predicted octanol–water partition coefficient (Wildman–Crippen LogP) is 2.53. The van der Waals surface area contributed by atoms with Crippen molar-refractivity contribution >= 4 is 11.6 Å². The third-order valence-electron chi connectivity index (χ3n) is 2.55. The summed E-state index contributed by atoms with van der Waals surface area (Å²) in [6.45, 7) is 3.43. The maximum absolute atomic E-state index is 12.1. The van der Waals surface area contributed by atoms with Crippen LogP contribution in [0.2, 0.25) is 0 Å². The highest BCUT2D eigenvalue weighted by molar-refractivity contribution is 6.05. The molecule has 0 bridgehead atoms. The van der Waals surface area contributed by atoms with Crippen LogP contribution in [0.5, 0.6) is 0 Å². The minimum Gasteiger partial charge on any atom is -0.361 e. The highest BCUT2D eigenvalue weighted by Gasteiger charge is 2.17. The second kappa shape index (κ2) is 4.76. The fraction of sp³-hybridized carbons (Fsp3) is 0.143. The largest absolute Gasteiger partial charge is 0.361 e. The summed E-state index contributed by atoms with van der Waals surface area (Å²) in [5, 5.41) is 6.51. The first-order valence-corrected chi connectivity index (χ1v) is 5.42. The number of carbonyl (C=O) groups is 1. The summed E-state index contributed by atoms with van der Waals surface area (Å²) in [6.07, 6.45) is 5.30. The van der Waals surface area contributed by atoms with E-state index in [9.17, 15) is 4.79 Å². The van der Waals surface area contributed by atoms with Gasteiger partial charge in [-0.2, -0.15) is 0 Å². The fourth-order valence-corrected chi connectivity index (χ4v) is 1.69. The second-order valence-electron chi connectivity index (χ2n) is 3.88. The van der Waals surface area contributed by atoms with Crippen molar-refractivity contribution in [1.29, 1.82) is 0 Å². The zero-order valence-corrected chi connectivity index (χ0v) is 10.2. The van der Waals surface area contributed by atoms with E-state index in [2.05, 4.69) is 16.4 Å². The smallest absolute Gasteiger partial charge is 0.261 e. The standard InChI is InChI=1S/C14H12N2O2/c1-4-11-6-5-7-12(8-11)15-14(17)13-9(2)16-18-10(13)3/h1,5-8H,2-3H3,(H,15,17). The van der Waals surface area contributed by atoms with Crippen molar-refractivity contribution < 1.29 is 9.32 Å². The van der Waals surface area contributed by atoms with E-state index in [0.717, 1.165) is 0 Å². The van der Waals surface area contributed by atoms with Gasteiger partial charge in [-0.25, -0.2) is 0 Å². The molecule has 4 heteroatoms. The summed E-state index contributed by atoms with van der Waals surface area (Å²) in [7, 11) is 0. The van der Waals surface area contributed by atoms with Crippen molar-refractivity contribution in [2.45, 2.75) is 13.8 Å². The third kappa shape index (κ3) is 2.25. The van der Waals surface area contributed by atoms with Gasteiger partial charge >= 0.3 is 0 Å². The maximum atomic E-state index is 12.1. The Morgan fingerprint density at radius 1 is 1.44 bits per heavy atom. The Labute approximate surface area is 105 Å². The normalized spacial score (nSPS) is 9.83. The Balaban J connectivity index is 2.25. The molecule has 90 valence electrons. The first kappa shape index (κ1) is 11.9. The fourth-order valence-electron chi connectivity index (χ4n) is 1.69. The van der Waals surface area contributed by atoms with E-state index in [-0.39, 0.29) is 5.91 Å². The summed E-state index contributed by atoms with van der Waals surface area (Å²) in [5.74, 6) is 2.76. The van der Waals surface area contributed by atoms with Crippen molar-refractivity contribution in [2.75, 3.05) is 5.32 Å². The number of nitrogens with one attached hydrogen (secondary N) is 1. The lowest BCUT2D eigenvalue weighted by atomic mass is 10.1. The zero-order valence-electron chi connectivity index (χ0n) is 10.2. The molecule has 2 aromatic rings. The monoisotopic (exact) mass is 240 g/mol. The van der Waals surface area contributed by atoms with Gasteiger partial charge in [0.1, 0.15) is 11.3 Å². The first-order chi connectivity index (χ1) is 8.61. The number of benzene rings is 1. The van der Waals surface area contributed by atoms with E-state index >= 15 is 0 Å². The van der Waals surface area contributed by atoms with Crippen LogP contribution in [0.4, 0.5) is 5.69 Å². The number of carbonyl (C=O) groups excluding carboxylic acids is 1. The molecule has 0 fully saturated rings. The molecule has 1 amide bonds. The van der Waals surface area contributed by atoms with Gasteiger partial charge < -0.3 is 9.84 Å². The molecule has 1 aromatic carbocycles. The Bertz CT molecular complexity index is 616. The highest BCUT2D eigenvalue weighted by Crippen LogP contribution is 2.16. The number of amides is 1. The molecule has 1 N–H and O–H groups in total. The third-order valence-corrected chi connectivity index (χ3v) is 2.55. The average molecular weight is 240 g/mol. The van der Waals surface area contributed by atoms with Gasteiger partial charge in [-0.15, -0.1) is 6.42 Å². The Hall–Kier alpha value is -2.54. The first-order valence-electron chi connectivity index (χ1n) is 5.42. The molecule has 2 rings (SSSR count). The van der Waals surface area contributed by atoms with Crippen molar-refractivity contribution in [3.8, 4) is 12.3 Å². The van der Waals surface area contributed by atoms with Crippen molar-refractivity contribution in [2.24, 2.45) is 0 Å². The van der Waals surface area contributed by atoms with Crippen LogP contribution in [0, 0.1) is 26.2 Å². The molecule has 0 saturated carbocycles. The minimum atomic E-state index is -0.250. The lowest BCUT2D eigenvalue weighted by molar-refractivity contribution is 0.102. The topological polar surface area (TPSA) is 55.1 Å². The number of rotatable bonds is 2. The highest BCUT2D eigenvalue weighted by atomic mass is 16.5. The van der Waals surface area contributed by atoms with Crippen molar-refractivity contribution in [3.05, 3.63) is 46.8 Å². The SMILES string of the molecule is C#Cc1cccc(NC(=O)c2c(C)noc2C)c1. The molecule has 18 heavy (non-hydrogen) atoms. The van der Waals surface area contributed by atoms with Gasteiger partial charge in [0.15, 0.2) is 0 Å². The Morgan fingerprint density at radius 2 is 2.22 bits per heavy atom. The molecule has 0 spiro atoms. The Morgan fingerprint density at radius 3 is 2.83 bits per heavy atom. The minimum absolute atomic E-state index is 0.250. The van der Waals surface area contributed by atoms with Gasteiger partial charge in [0, 0.05) is 11.3 Å². The van der Waals surface area contributed by atoms with Crippen LogP contribution < -0.4 is 5.32 Å². The number of aryl methyl sites for hydroxylation is 2. The quantitative estimate of drug-likeness (QED) is 0.820. The number of aromatic nitrogens is 1. The van der Waals surface area contributed by atoms with E-state index < -0.39 is 0 Å². The van der Waals surface area contributed by atoms with Crippen molar-refractivity contribution in [1.82, 2.24) is 5.16 Å². The summed E-state index contributed by atoms with van der Waals surface area (Å²) in [5.41, 5.74) is 2.39. The van der Waals surface area contributed by atoms with Crippen LogP contribution in [0.1, 0.15) is 27.4 Å². The van der Waals surface area contributed by atoms with Gasteiger partial charge in [0.2, 0.25) is 0 Å². The summed E-state index contributed by atoms with van der Waals surface area (Å²) >= 11 is 0. The van der Waals surface area contributed by atoms with E-state index in [1.807, 2.05) is 0 Å². The number of hydrogen-bond donors (Lipinski definition) is 1.